The molecule has 8 nitrogen and oxygen atoms in total. The van der Waals surface area contributed by atoms with E-state index in [2.05, 4.69) is 20.1 Å². The molecule has 2 N–H and O–H groups in total. The van der Waals surface area contributed by atoms with Crippen LogP contribution in [-0.2, 0) is 7.05 Å². The van der Waals surface area contributed by atoms with E-state index in [1.165, 1.54) is 10.7 Å². The molecular weight excluding hydrogens is 330 g/mol. The standard InChI is InChI=1S/C18H15N7O/c1-24-14(26)8-7-13(23-24)16-15(12-5-3-2-4-6-12)21-17(19)18(22-16)25-10-9-20-11-25/h2-11H,1H3,(H2,19,21). The van der Waals surface area contributed by atoms with Crippen LogP contribution >= 0.6 is 0 Å². The Labute approximate surface area is 148 Å². The van der Waals surface area contributed by atoms with Crippen LogP contribution in [0.4, 0.5) is 5.82 Å². The first-order valence-corrected chi connectivity index (χ1v) is 7.89. The van der Waals surface area contributed by atoms with E-state index >= 15 is 0 Å². The van der Waals surface area contributed by atoms with Crippen LogP contribution in [-0.4, -0.2) is 29.3 Å². The molecule has 4 rings (SSSR count). The number of nitrogen functional groups attached to an aromatic ring is 1. The number of benzene rings is 1. The van der Waals surface area contributed by atoms with Crippen molar-refractivity contribution in [3.63, 3.8) is 0 Å². The predicted octanol–water partition coefficient (Wildman–Crippen LogP) is 1.67. The quantitative estimate of drug-likeness (QED) is 0.606. The highest BCUT2D eigenvalue weighted by atomic mass is 16.1. The second kappa shape index (κ2) is 6.25. The minimum atomic E-state index is -0.201. The number of anilines is 1. The molecule has 0 aliphatic carbocycles. The van der Waals surface area contributed by atoms with Crippen molar-refractivity contribution >= 4 is 5.82 Å². The van der Waals surface area contributed by atoms with E-state index in [1.54, 1.807) is 36.4 Å². The van der Waals surface area contributed by atoms with Gasteiger partial charge in [0, 0.05) is 31.1 Å². The maximum absolute atomic E-state index is 11.7. The second-order valence-corrected chi connectivity index (χ2v) is 5.65. The Morgan fingerprint density at radius 1 is 1.00 bits per heavy atom. The smallest absolute Gasteiger partial charge is 0.266 e. The Hall–Kier alpha value is -3.81. The third kappa shape index (κ3) is 2.73. The van der Waals surface area contributed by atoms with Gasteiger partial charge in [-0.1, -0.05) is 30.3 Å². The summed E-state index contributed by atoms with van der Waals surface area (Å²) in [4.78, 5) is 25.0. The van der Waals surface area contributed by atoms with Crippen molar-refractivity contribution in [2.75, 3.05) is 5.73 Å². The molecule has 8 heteroatoms. The molecule has 0 fully saturated rings. The number of nitrogens with zero attached hydrogens (tertiary/aromatic N) is 6. The lowest BCUT2D eigenvalue weighted by molar-refractivity contribution is 0.710. The van der Waals surface area contributed by atoms with E-state index in [0.717, 1.165) is 5.56 Å². The molecule has 3 aromatic heterocycles. The van der Waals surface area contributed by atoms with Crippen molar-refractivity contribution < 1.29 is 0 Å². The van der Waals surface area contributed by atoms with E-state index in [1.807, 2.05) is 30.3 Å². The van der Waals surface area contributed by atoms with Crippen LogP contribution in [0.25, 0.3) is 28.5 Å². The molecule has 0 saturated carbocycles. The highest BCUT2D eigenvalue weighted by Gasteiger charge is 2.17. The highest BCUT2D eigenvalue weighted by Crippen LogP contribution is 2.30. The van der Waals surface area contributed by atoms with Crippen molar-refractivity contribution in [1.29, 1.82) is 0 Å². The first kappa shape index (κ1) is 15.7. The van der Waals surface area contributed by atoms with Crippen LogP contribution in [0.15, 0.2) is 66.0 Å². The maximum Gasteiger partial charge on any atom is 0.266 e. The van der Waals surface area contributed by atoms with Gasteiger partial charge in [0.2, 0.25) is 0 Å². The fraction of sp³-hybridized carbons (Fsp3) is 0.0556. The summed E-state index contributed by atoms with van der Waals surface area (Å²) in [5, 5.41) is 4.32. The van der Waals surface area contributed by atoms with E-state index in [0.29, 0.717) is 22.9 Å². The number of imidazole rings is 1. The van der Waals surface area contributed by atoms with E-state index in [-0.39, 0.29) is 11.4 Å². The summed E-state index contributed by atoms with van der Waals surface area (Å²) >= 11 is 0. The van der Waals surface area contributed by atoms with Gasteiger partial charge in [-0.15, -0.1) is 0 Å². The normalized spacial score (nSPS) is 10.8. The number of aryl methyl sites for hydroxylation is 1. The van der Waals surface area contributed by atoms with Gasteiger partial charge in [0.25, 0.3) is 5.56 Å². The molecule has 4 aromatic rings. The number of aromatic nitrogens is 6. The van der Waals surface area contributed by atoms with Crippen LogP contribution in [0, 0.1) is 0 Å². The molecular formula is C18H15N7O. The monoisotopic (exact) mass is 345 g/mol. The third-order valence-electron chi connectivity index (χ3n) is 3.90. The molecule has 0 saturated heterocycles. The molecule has 1 aromatic carbocycles. The van der Waals surface area contributed by atoms with Gasteiger partial charge in [-0.3, -0.25) is 9.36 Å². The average Bonchev–Trinajstić information content (AvgIpc) is 3.19. The Kier molecular flexibility index (Phi) is 3.77. The Balaban J connectivity index is 2.00. The summed E-state index contributed by atoms with van der Waals surface area (Å²) in [5.74, 6) is 0.725. The largest absolute Gasteiger partial charge is 0.381 e. The van der Waals surface area contributed by atoms with Crippen molar-refractivity contribution in [3.8, 4) is 28.5 Å². The third-order valence-corrected chi connectivity index (χ3v) is 3.90. The Bertz CT molecular complexity index is 1120. The van der Waals surface area contributed by atoms with Gasteiger partial charge in [-0.25, -0.2) is 19.6 Å². The maximum atomic E-state index is 11.7. The SMILES string of the molecule is Cn1nc(-c2nc(-n3ccnc3)c(N)nc2-c2ccccc2)ccc1=O. The fourth-order valence-corrected chi connectivity index (χ4v) is 2.62. The first-order chi connectivity index (χ1) is 12.6. The molecule has 0 bridgehead atoms. The van der Waals surface area contributed by atoms with E-state index in [9.17, 15) is 4.79 Å². The lowest BCUT2D eigenvalue weighted by Gasteiger charge is -2.13. The van der Waals surface area contributed by atoms with Gasteiger partial charge in [-0.2, -0.15) is 5.10 Å². The van der Waals surface area contributed by atoms with Crippen LogP contribution in [0.2, 0.25) is 0 Å². The molecule has 0 atom stereocenters. The molecule has 0 aliphatic rings. The number of nitrogens with two attached hydrogens (primary N) is 1. The molecule has 0 spiro atoms. The predicted molar refractivity (Wildman–Crippen MR) is 97.5 cm³/mol. The summed E-state index contributed by atoms with van der Waals surface area (Å²) in [5.41, 5.74) is 8.46. The van der Waals surface area contributed by atoms with Gasteiger partial charge in [0.1, 0.15) is 23.4 Å². The molecule has 3 heterocycles. The summed E-state index contributed by atoms with van der Waals surface area (Å²) in [7, 11) is 1.59. The van der Waals surface area contributed by atoms with Crippen molar-refractivity contribution in [3.05, 3.63) is 71.5 Å². The zero-order valence-corrected chi connectivity index (χ0v) is 13.9. The molecule has 0 aliphatic heterocycles. The Morgan fingerprint density at radius 2 is 1.81 bits per heavy atom. The van der Waals surface area contributed by atoms with Crippen molar-refractivity contribution in [2.24, 2.45) is 7.05 Å². The zero-order chi connectivity index (χ0) is 18.1. The van der Waals surface area contributed by atoms with Gasteiger partial charge in [-0.05, 0) is 6.07 Å². The molecule has 0 radical (unpaired) electrons. The summed E-state index contributed by atoms with van der Waals surface area (Å²) in [6, 6.07) is 12.7. The Morgan fingerprint density at radius 3 is 2.50 bits per heavy atom. The molecule has 0 amide bonds. The van der Waals surface area contributed by atoms with Gasteiger partial charge >= 0.3 is 0 Å². The minimum absolute atomic E-state index is 0.201. The van der Waals surface area contributed by atoms with Crippen LogP contribution < -0.4 is 11.3 Å². The molecule has 128 valence electrons. The second-order valence-electron chi connectivity index (χ2n) is 5.65. The van der Waals surface area contributed by atoms with Gasteiger partial charge in [0.15, 0.2) is 11.6 Å². The van der Waals surface area contributed by atoms with Crippen molar-refractivity contribution in [2.45, 2.75) is 0 Å². The topological polar surface area (TPSA) is 105 Å². The summed E-state index contributed by atoms with van der Waals surface area (Å²) in [6.45, 7) is 0. The van der Waals surface area contributed by atoms with Crippen LogP contribution in [0.5, 0.6) is 0 Å². The number of rotatable bonds is 3. The lowest BCUT2D eigenvalue weighted by Crippen LogP contribution is -2.19. The highest BCUT2D eigenvalue weighted by molar-refractivity contribution is 5.78. The van der Waals surface area contributed by atoms with Crippen LogP contribution in [0.1, 0.15) is 0 Å². The zero-order valence-electron chi connectivity index (χ0n) is 13.9. The van der Waals surface area contributed by atoms with Gasteiger partial charge in [0.05, 0.1) is 0 Å². The molecule has 0 unspecified atom stereocenters. The minimum Gasteiger partial charge on any atom is -0.381 e. The number of hydrogen-bond donors (Lipinski definition) is 1. The summed E-state index contributed by atoms with van der Waals surface area (Å²) in [6.07, 6.45) is 4.97. The van der Waals surface area contributed by atoms with Crippen LogP contribution in [0.3, 0.4) is 0 Å². The van der Waals surface area contributed by atoms with Crippen molar-refractivity contribution in [1.82, 2.24) is 29.3 Å². The lowest BCUT2D eigenvalue weighted by atomic mass is 10.1. The molecule has 26 heavy (non-hydrogen) atoms. The van der Waals surface area contributed by atoms with E-state index < -0.39 is 0 Å². The average molecular weight is 345 g/mol. The summed E-state index contributed by atoms with van der Waals surface area (Å²) < 4.78 is 2.95. The first-order valence-electron chi connectivity index (χ1n) is 7.89. The van der Waals surface area contributed by atoms with E-state index in [4.69, 9.17) is 5.73 Å². The number of hydrogen-bond acceptors (Lipinski definition) is 6. The van der Waals surface area contributed by atoms with Gasteiger partial charge < -0.3 is 5.73 Å². The fourth-order valence-electron chi connectivity index (χ4n) is 2.62.